The van der Waals surface area contributed by atoms with Crippen molar-refractivity contribution in [2.24, 2.45) is 5.14 Å². The highest BCUT2D eigenvalue weighted by Gasteiger charge is 2.23. The maximum Gasteiger partial charge on any atom is 0.249 e. The summed E-state index contributed by atoms with van der Waals surface area (Å²) in [6.07, 6.45) is 1.28. The fraction of sp³-hybridized carbons (Fsp3) is 0.357. The van der Waals surface area contributed by atoms with E-state index in [2.05, 4.69) is 9.88 Å². The Morgan fingerprint density at radius 1 is 1.25 bits per heavy atom. The van der Waals surface area contributed by atoms with Crippen molar-refractivity contribution in [1.82, 2.24) is 4.98 Å². The first-order valence-corrected chi connectivity index (χ1v) is 9.57. The SMILES string of the molecule is COc1cc(F)ccc1N1CCN(c2ncc(S(N)(=O)=O)s2)CC1. The van der Waals surface area contributed by atoms with Crippen molar-refractivity contribution in [3.8, 4) is 5.75 Å². The number of hydrogen-bond donors (Lipinski definition) is 1. The minimum Gasteiger partial charge on any atom is -0.494 e. The van der Waals surface area contributed by atoms with E-state index >= 15 is 0 Å². The smallest absolute Gasteiger partial charge is 0.249 e. The molecule has 0 amide bonds. The molecule has 0 unspecified atom stereocenters. The second-order valence-electron chi connectivity index (χ2n) is 5.30. The molecule has 7 nitrogen and oxygen atoms in total. The Hall–Kier alpha value is -1.91. The Kier molecular flexibility index (Phi) is 4.61. The summed E-state index contributed by atoms with van der Waals surface area (Å²) in [7, 11) is -2.21. The van der Waals surface area contributed by atoms with Crippen LogP contribution >= 0.6 is 11.3 Å². The van der Waals surface area contributed by atoms with Crippen molar-refractivity contribution in [3.05, 3.63) is 30.2 Å². The molecule has 0 saturated carbocycles. The van der Waals surface area contributed by atoms with Crippen molar-refractivity contribution in [3.63, 3.8) is 0 Å². The van der Waals surface area contributed by atoms with Gasteiger partial charge in [-0.05, 0) is 12.1 Å². The fourth-order valence-electron chi connectivity index (χ4n) is 2.58. The molecule has 130 valence electrons. The minimum absolute atomic E-state index is 0.0557. The molecule has 1 aliphatic rings. The molecule has 2 N–H and O–H groups in total. The molecule has 2 heterocycles. The lowest BCUT2D eigenvalue weighted by Crippen LogP contribution is -2.46. The van der Waals surface area contributed by atoms with Gasteiger partial charge < -0.3 is 14.5 Å². The van der Waals surface area contributed by atoms with Gasteiger partial charge in [-0.1, -0.05) is 11.3 Å². The van der Waals surface area contributed by atoms with Crippen molar-refractivity contribution < 1.29 is 17.5 Å². The van der Waals surface area contributed by atoms with Gasteiger partial charge in [0, 0.05) is 32.2 Å². The van der Waals surface area contributed by atoms with E-state index in [0.29, 0.717) is 37.1 Å². The van der Waals surface area contributed by atoms with Crippen LogP contribution < -0.4 is 19.7 Å². The minimum atomic E-state index is -3.72. The van der Waals surface area contributed by atoms with E-state index in [1.165, 1.54) is 25.4 Å². The van der Waals surface area contributed by atoms with E-state index in [1.807, 2.05) is 4.90 Å². The molecule has 3 rings (SSSR count). The summed E-state index contributed by atoms with van der Waals surface area (Å²) >= 11 is 1.06. The van der Waals surface area contributed by atoms with Crippen LogP contribution in [-0.4, -0.2) is 46.7 Å². The molecule has 1 aromatic carbocycles. The molecule has 24 heavy (non-hydrogen) atoms. The lowest BCUT2D eigenvalue weighted by atomic mass is 10.2. The Morgan fingerprint density at radius 2 is 1.92 bits per heavy atom. The molecule has 1 saturated heterocycles. The largest absolute Gasteiger partial charge is 0.494 e. The third-order valence-electron chi connectivity index (χ3n) is 3.79. The zero-order valence-corrected chi connectivity index (χ0v) is 14.6. The van der Waals surface area contributed by atoms with Gasteiger partial charge in [-0.3, -0.25) is 0 Å². The first kappa shape index (κ1) is 16.9. The lowest BCUT2D eigenvalue weighted by molar-refractivity contribution is 0.410. The summed E-state index contributed by atoms with van der Waals surface area (Å²) < 4.78 is 41.3. The molecule has 0 spiro atoms. The standard InChI is InChI=1S/C14H17FN4O3S2/c1-22-12-8-10(15)2-3-11(12)18-4-6-19(7-5-18)14-17-9-13(23-14)24(16,20)21/h2-3,8-9H,4-7H2,1H3,(H2,16,20,21). The quantitative estimate of drug-likeness (QED) is 0.869. The van der Waals surface area contributed by atoms with E-state index < -0.39 is 10.0 Å². The summed E-state index contributed by atoms with van der Waals surface area (Å²) in [5.41, 5.74) is 0.836. The number of thiazole rings is 1. The Labute approximate surface area is 143 Å². The molecule has 1 aliphatic heterocycles. The third-order valence-corrected chi connectivity index (χ3v) is 6.25. The Balaban J connectivity index is 1.71. The average molecular weight is 372 g/mol. The van der Waals surface area contributed by atoms with E-state index in [9.17, 15) is 12.8 Å². The second-order valence-corrected chi connectivity index (χ2v) is 8.09. The Morgan fingerprint density at radius 3 is 2.50 bits per heavy atom. The highest BCUT2D eigenvalue weighted by molar-refractivity contribution is 7.91. The average Bonchev–Trinajstić information content (AvgIpc) is 3.05. The number of nitrogens with two attached hydrogens (primary N) is 1. The number of methoxy groups -OCH3 is 1. The number of rotatable bonds is 4. The van der Waals surface area contributed by atoms with Gasteiger partial charge in [0.2, 0.25) is 10.0 Å². The number of piperazine rings is 1. The zero-order chi connectivity index (χ0) is 17.3. The fourth-order valence-corrected chi connectivity index (χ4v) is 4.17. The van der Waals surface area contributed by atoms with Gasteiger partial charge in [0.15, 0.2) is 9.34 Å². The molecule has 1 fully saturated rings. The van der Waals surface area contributed by atoms with Gasteiger partial charge in [0.1, 0.15) is 11.6 Å². The van der Waals surface area contributed by atoms with Gasteiger partial charge in [-0.25, -0.2) is 22.9 Å². The number of anilines is 2. The molecular formula is C14H17FN4O3S2. The third kappa shape index (κ3) is 3.45. The normalized spacial score (nSPS) is 15.6. The van der Waals surface area contributed by atoms with Crippen LogP contribution in [0.15, 0.2) is 28.6 Å². The summed E-state index contributed by atoms with van der Waals surface area (Å²) in [5, 5.41) is 5.74. The number of sulfonamides is 1. The van der Waals surface area contributed by atoms with Gasteiger partial charge in [0.25, 0.3) is 0 Å². The van der Waals surface area contributed by atoms with Crippen LogP contribution in [0.3, 0.4) is 0 Å². The van der Waals surface area contributed by atoms with Crippen molar-refractivity contribution in [2.75, 3.05) is 43.1 Å². The first-order chi connectivity index (χ1) is 11.4. The molecular weight excluding hydrogens is 355 g/mol. The van der Waals surface area contributed by atoms with E-state index in [0.717, 1.165) is 17.0 Å². The van der Waals surface area contributed by atoms with E-state index in [1.54, 1.807) is 6.07 Å². The number of aromatic nitrogens is 1. The van der Waals surface area contributed by atoms with E-state index in [4.69, 9.17) is 9.88 Å². The monoisotopic (exact) mass is 372 g/mol. The first-order valence-electron chi connectivity index (χ1n) is 7.20. The van der Waals surface area contributed by atoms with Gasteiger partial charge >= 0.3 is 0 Å². The van der Waals surface area contributed by atoms with Crippen LogP contribution in [0, 0.1) is 5.82 Å². The van der Waals surface area contributed by atoms with Gasteiger partial charge in [-0.15, -0.1) is 0 Å². The molecule has 0 radical (unpaired) electrons. The molecule has 10 heteroatoms. The van der Waals surface area contributed by atoms with Crippen molar-refractivity contribution in [2.45, 2.75) is 4.21 Å². The summed E-state index contributed by atoms with van der Waals surface area (Å²) in [6.45, 7) is 2.70. The second kappa shape index (κ2) is 6.54. The predicted molar refractivity (Wildman–Crippen MR) is 90.9 cm³/mol. The van der Waals surface area contributed by atoms with Crippen LogP contribution in [0.2, 0.25) is 0 Å². The highest BCUT2D eigenvalue weighted by Crippen LogP contribution is 2.31. The number of primary sulfonamides is 1. The Bertz CT molecular complexity index is 832. The van der Waals surface area contributed by atoms with Crippen LogP contribution in [-0.2, 0) is 10.0 Å². The molecule has 0 bridgehead atoms. The zero-order valence-electron chi connectivity index (χ0n) is 13.0. The highest BCUT2D eigenvalue weighted by atomic mass is 32.2. The molecule has 0 atom stereocenters. The molecule has 0 aliphatic carbocycles. The lowest BCUT2D eigenvalue weighted by Gasteiger charge is -2.36. The van der Waals surface area contributed by atoms with Crippen LogP contribution in [0.1, 0.15) is 0 Å². The number of halogens is 1. The molecule has 2 aromatic rings. The van der Waals surface area contributed by atoms with Crippen LogP contribution in [0.5, 0.6) is 5.75 Å². The van der Waals surface area contributed by atoms with Crippen molar-refractivity contribution >= 4 is 32.2 Å². The van der Waals surface area contributed by atoms with Crippen LogP contribution in [0.4, 0.5) is 15.2 Å². The van der Waals surface area contributed by atoms with Gasteiger partial charge in [-0.2, -0.15) is 0 Å². The maximum atomic E-state index is 13.3. The summed E-state index contributed by atoms with van der Waals surface area (Å²) in [6, 6.07) is 4.47. The maximum absolute atomic E-state index is 13.3. The summed E-state index contributed by atoms with van der Waals surface area (Å²) in [5.74, 6) is 0.154. The van der Waals surface area contributed by atoms with Crippen molar-refractivity contribution in [1.29, 1.82) is 0 Å². The predicted octanol–water partition coefficient (Wildman–Crippen LogP) is 1.26. The topological polar surface area (TPSA) is 88.8 Å². The number of hydrogen-bond acceptors (Lipinski definition) is 7. The number of nitrogens with zero attached hydrogens (tertiary/aromatic N) is 3. The summed E-state index contributed by atoms with van der Waals surface area (Å²) in [4.78, 5) is 8.25. The number of ether oxygens (including phenoxy) is 1. The van der Waals surface area contributed by atoms with E-state index in [-0.39, 0.29) is 10.0 Å². The molecule has 1 aromatic heterocycles. The van der Waals surface area contributed by atoms with Crippen LogP contribution in [0.25, 0.3) is 0 Å². The number of benzene rings is 1. The van der Waals surface area contributed by atoms with Gasteiger partial charge in [0.05, 0.1) is 19.0 Å².